The number of benzene rings is 6. The first-order valence-electron chi connectivity index (χ1n) is 22.7. The number of hydrogen-bond acceptors (Lipinski definition) is 0. The molecule has 6 aromatic rings. The summed E-state index contributed by atoms with van der Waals surface area (Å²) >= 11 is -3.31. The summed E-state index contributed by atoms with van der Waals surface area (Å²) in [5, 5.41) is 2.96. The van der Waals surface area contributed by atoms with E-state index in [2.05, 4.69) is 147 Å². The van der Waals surface area contributed by atoms with Crippen LogP contribution in [0.2, 0.25) is 7.35 Å². The predicted molar refractivity (Wildman–Crippen MR) is 262 cm³/mol. The molecule has 4 aliphatic rings. The molecule has 0 amide bonds. The van der Waals surface area contributed by atoms with E-state index in [1.54, 1.807) is 12.1 Å². The average molecular weight is 1090 g/mol. The Morgan fingerprint density at radius 1 is 0.455 bits per heavy atom. The van der Waals surface area contributed by atoms with Crippen molar-refractivity contribution in [1.29, 1.82) is 0 Å². The monoisotopic (exact) mass is 1090 g/mol. The van der Waals surface area contributed by atoms with Gasteiger partial charge in [0.05, 0.1) is 0 Å². The fraction of sp³-hybridized carbons (Fsp3) is 0.133. The van der Waals surface area contributed by atoms with Crippen molar-refractivity contribution in [3.8, 4) is 22.3 Å². The molecule has 0 bridgehead atoms. The van der Waals surface area contributed by atoms with Gasteiger partial charge in [-0.25, -0.2) is 0 Å². The van der Waals surface area contributed by atoms with Crippen molar-refractivity contribution >= 4 is 15.9 Å². The van der Waals surface area contributed by atoms with Gasteiger partial charge in [-0.2, -0.15) is 0 Å². The van der Waals surface area contributed by atoms with Gasteiger partial charge in [-0.3, -0.25) is 0 Å². The molecule has 10 rings (SSSR count). The van der Waals surface area contributed by atoms with E-state index < -0.39 is 25.6 Å². The van der Waals surface area contributed by atoms with Gasteiger partial charge in [-0.1, -0.05) is 0 Å². The number of halogens is 4. The van der Waals surface area contributed by atoms with Crippen LogP contribution in [0.1, 0.15) is 49.7 Å². The van der Waals surface area contributed by atoms with Crippen LogP contribution >= 0.6 is 0 Å². The van der Waals surface area contributed by atoms with Crippen molar-refractivity contribution in [2.45, 2.75) is 45.9 Å². The van der Waals surface area contributed by atoms with Crippen LogP contribution in [0.5, 0.6) is 0 Å². The standard InChI is InChI=1S/2C24H20F.C12H10Si.2ClH.Hf/c2*1-2-17-14-19-10-6-7-11-21(23(19)15-17)20-12-13-22(24(25)16-20)18-8-4-3-5-9-18;1-3-7-11(8-4-1)13-12-9-5-2-6-10-12;;;/h2*3-16,21H,2H2,1H3;1-10H;2*1H;/q;;;;;+2/p-2. The molecule has 0 nitrogen and oxygen atoms in total. The fourth-order valence-corrected chi connectivity index (χ4v) is 46.2. The average Bonchev–Trinajstić information content (AvgIpc) is 3.71. The third kappa shape index (κ3) is 9.10. The van der Waals surface area contributed by atoms with Crippen LogP contribution in [0.25, 0.3) is 22.3 Å². The molecule has 0 aliphatic heterocycles. The van der Waals surface area contributed by atoms with E-state index in [9.17, 15) is 0 Å². The molecule has 4 aliphatic carbocycles. The Bertz CT molecular complexity index is 2830. The van der Waals surface area contributed by atoms with Crippen LogP contribution < -0.4 is 35.2 Å². The molecule has 6 heteroatoms. The third-order valence-electron chi connectivity index (χ3n) is 13.5. The van der Waals surface area contributed by atoms with E-state index in [1.807, 2.05) is 72.8 Å². The Labute approximate surface area is 409 Å². The van der Waals surface area contributed by atoms with E-state index in [-0.39, 0.29) is 48.3 Å². The number of allylic oxidation sites excluding steroid dienone is 16. The molecule has 4 unspecified atom stereocenters. The zero-order chi connectivity index (χ0) is 43.6. The van der Waals surface area contributed by atoms with E-state index in [0.717, 1.165) is 35.1 Å². The van der Waals surface area contributed by atoms with Crippen LogP contribution in [0.15, 0.2) is 252 Å². The van der Waals surface area contributed by atoms with Crippen LogP contribution in [0, 0.1) is 11.6 Å². The summed E-state index contributed by atoms with van der Waals surface area (Å²) < 4.78 is 33.1. The Morgan fingerprint density at radius 3 is 1.20 bits per heavy atom. The summed E-state index contributed by atoms with van der Waals surface area (Å²) in [6.45, 7) is 4.67. The van der Waals surface area contributed by atoms with Crippen LogP contribution in [0.3, 0.4) is 0 Å². The molecule has 66 heavy (non-hydrogen) atoms. The second kappa shape index (κ2) is 21.2. The Kier molecular flexibility index (Phi) is 15.2. The van der Waals surface area contributed by atoms with Gasteiger partial charge in [0.2, 0.25) is 0 Å². The van der Waals surface area contributed by atoms with Crippen molar-refractivity contribution in [3.63, 3.8) is 0 Å². The summed E-state index contributed by atoms with van der Waals surface area (Å²) in [7, 11) is 0. The Hall–Kier alpha value is -5.23. The van der Waals surface area contributed by atoms with Gasteiger partial charge in [-0.05, 0) is 0 Å². The summed E-state index contributed by atoms with van der Waals surface area (Å²) in [4.78, 5) is 0. The summed E-state index contributed by atoms with van der Waals surface area (Å²) in [6, 6.07) is 54.3. The molecule has 0 heterocycles. The topological polar surface area (TPSA) is 0 Å². The van der Waals surface area contributed by atoms with Crippen molar-refractivity contribution < 1.29 is 53.7 Å². The SMILES string of the molecule is CCC1=CC2=C(C=CC=CC2c2ccc(-c3ccccc3)c(F)c2)[CH]1[Hf+2]([CH]1C(CC)=CC2=C1C=CC=CC2c1ccc(-c2ccccc2)c(F)c1)=[Si](c1ccccc1)c1ccccc1.[Cl-].[Cl-]. The van der Waals surface area contributed by atoms with Crippen molar-refractivity contribution in [2.24, 2.45) is 0 Å². The van der Waals surface area contributed by atoms with Gasteiger partial charge in [0, 0.05) is 0 Å². The van der Waals surface area contributed by atoms with Gasteiger partial charge < -0.3 is 24.8 Å². The number of rotatable bonds is 10. The van der Waals surface area contributed by atoms with E-state index in [4.69, 9.17) is 0 Å². The molecule has 4 atom stereocenters. The van der Waals surface area contributed by atoms with Crippen LogP contribution in [0.4, 0.5) is 8.78 Å². The maximum Gasteiger partial charge on any atom is -1.00 e. The van der Waals surface area contributed by atoms with Crippen molar-refractivity contribution in [2.75, 3.05) is 0 Å². The molecule has 0 saturated heterocycles. The van der Waals surface area contributed by atoms with Crippen LogP contribution in [-0.2, 0) is 20.1 Å². The van der Waals surface area contributed by atoms with Gasteiger partial charge in [0.1, 0.15) is 0 Å². The molecule has 326 valence electrons. The van der Waals surface area contributed by atoms with E-state index >= 15 is 8.78 Å². The first-order valence-corrected chi connectivity index (χ1v) is 33.7. The second-order valence-corrected chi connectivity index (χ2v) is 36.5. The molecule has 0 fully saturated rings. The zero-order valence-corrected chi connectivity index (χ0v) is 43.1. The van der Waals surface area contributed by atoms with Gasteiger partial charge in [-0.15, -0.1) is 0 Å². The number of hydrogen-bond donors (Lipinski definition) is 0. The third-order valence-corrected chi connectivity index (χ3v) is 42.4. The summed E-state index contributed by atoms with van der Waals surface area (Å²) in [6.07, 6.45) is 25.1. The molecule has 0 spiro atoms. The minimum atomic E-state index is -3.31. The maximum atomic E-state index is 16.2. The van der Waals surface area contributed by atoms with Crippen LogP contribution in [-0.4, -0.2) is 5.49 Å². The predicted octanol–water partition coefficient (Wildman–Crippen LogP) is 8.72. The summed E-state index contributed by atoms with van der Waals surface area (Å²) in [5.41, 5.74) is 12.2. The van der Waals surface area contributed by atoms with Crippen molar-refractivity contribution in [1.82, 2.24) is 0 Å². The van der Waals surface area contributed by atoms with Gasteiger partial charge in [0.25, 0.3) is 0 Å². The molecule has 0 saturated carbocycles. The van der Waals surface area contributed by atoms with E-state index in [0.29, 0.717) is 18.5 Å². The molecule has 0 aromatic heterocycles. The zero-order valence-electron chi connectivity index (χ0n) is 37.0. The quantitative estimate of drug-likeness (QED) is 0.121. The largest absolute Gasteiger partial charge is 1.00 e. The summed E-state index contributed by atoms with van der Waals surface area (Å²) in [5.74, 6) is -0.538. The second-order valence-electron chi connectivity index (χ2n) is 17.0. The van der Waals surface area contributed by atoms with Gasteiger partial charge in [0.15, 0.2) is 0 Å². The van der Waals surface area contributed by atoms with E-state index in [1.165, 1.54) is 43.8 Å². The normalized spacial score (nSPS) is 19.1. The first-order chi connectivity index (χ1) is 31.5. The van der Waals surface area contributed by atoms with Gasteiger partial charge >= 0.3 is 388 Å². The fourth-order valence-electron chi connectivity index (χ4n) is 10.5. The molecule has 6 aromatic carbocycles. The maximum absolute atomic E-state index is 16.2. The van der Waals surface area contributed by atoms with Crippen molar-refractivity contribution in [3.05, 3.63) is 275 Å². The molecular formula is C60H50Cl2F2HfSi. The molecule has 0 N–H and O–H groups in total. The Morgan fingerprint density at radius 2 is 0.833 bits per heavy atom. The minimum absolute atomic E-state index is 0. The minimum Gasteiger partial charge on any atom is -1.00 e. The molecule has 0 radical (unpaired) electrons. The smallest absolute Gasteiger partial charge is 1.00 e. The molecular weight excluding hydrogens is 1040 g/mol. The Balaban J connectivity index is 0.00000296. The first kappa shape index (κ1) is 47.3.